The van der Waals surface area contributed by atoms with Gasteiger partial charge in [-0.15, -0.1) is 6.20 Å². The molecule has 0 saturated heterocycles. The van der Waals surface area contributed by atoms with E-state index in [1.54, 1.807) is 12.4 Å². The summed E-state index contributed by atoms with van der Waals surface area (Å²) in [5.74, 6) is 0.454. The maximum absolute atomic E-state index is 3.99. The van der Waals surface area contributed by atoms with Gasteiger partial charge in [0.15, 0.2) is 0 Å². The van der Waals surface area contributed by atoms with Gasteiger partial charge in [-0.2, -0.15) is 13.8 Å². The summed E-state index contributed by atoms with van der Waals surface area (Å²) in [5, 5.41) is 0. The Hall–Kier alpha value is -0.336. The summed E-state index contributed by atoms with van der Waals surface area (Å²) in [5.41, 5.74) is 0.998. The van der Waals surface area contributed by atoms with E-state index in [1.807, 2.05) is 20.3 Å². The van der Waals surface area contributed by atoms with Gasteiger partial charge in [0, 0.05) is 0 Å². The average Bonchev–Trinajstić information content (AvgIpc) is 2.07. The molecule has 71 valence electrons. The third-order valence-electron chi connectivity index (χ3n) is 1.12. The molecule has 0 unspecified atom stereocenters. The Morgan fingerprint density at radius 2 is 1.92 bits per heavy atom. The molecule has 1 rings (SSSR count). The van der Waals surface area contributed by atoms with E-state index in [0.717, 1.165) is 5.69 Å². The summed E-state index contributed by atoms with van der Waals surface area (Å²) in [6.45, 7) is 8.16. The van der Waals surface area contributed by atoms with Crippen molar-refractivity contribution >= 4 is 0 Å². The van der Waals surface area contributed by atoms with Crippen LogP contribution in [-0.4, -0.2) is 9.97 Å². The second-order valence-corrected chi connectivity index (χ2v) is 2.81. The van der Waals surface area contributed by atoms with Gasteiger partial charge in [-0.1, -0.05) is 25.5 Å². The van der Waals surface area contributed by atoms with Crippen LogP contribution in [0.3, 0.4) is 0 Å². The normalized spacial score (nSPS) is 8.38. The summed E-state index contributed by atoms with van der Waals surface area (Å²) in [4.78, 5) is 7.88. The molecule has 13 heavy (non-hydrogen) atoms. The van der Waals surface area contributed by atoms with Crippen LogP contribution < -0.4 is 0 Å². The second kappa shape index (κ2) is 9.75. The van der Waals surface area contributed by atoms with Crippen molar-refractivity contribution in [1.29, 1.82) is 0 Å². The Labute approximate surface area is 93.1 Å². The Bertz CT molecular complexity index is 187. The van der Waals surface area contributed by atoms with Crippen LogP contribution >= 0.6 is 0 Å². The maximum Gasteiger partial charge on any atom is 2.00 e. The van der Waals surface area contributed by atoms with E-state index >= 15 is 0 Å². The van der Waals surface area contributed by atoms with Crippen LogP contribution in [0.2, 0.25) is 0 Å². The molecular weight excluding hydrogens is 199 g/mol. The summed E-state index contributed by atoms with van der Waals surface area (Å²) >= 11 is 0. The quantitative estimate of drug-likeness (QED) is 0.673. The van der Waals surface area contributed by atoms with Crippen molar-refractivity contribution in [3.8, 4) is 0 Å². The van der Waals surface area contributed by atoms with Gasteiger partial charge in [0.05, 0.1) is 0 Å². The molecule has 0 bridgehead atoms. The molecule has 0 aliphatic heterocycles. The first-order valence-corrected chi connectivity index (χ1v) is 4.14. The molecule has 0 amide bonds. The SMILES string of the molecule is CC(C)c1cnc[c-]n1.C[CH-]C.[V+2]. The van der Waals surface area contributed by atoms with E-state index in [1.165, 1.54) is 0 Å². The molecule has 2 nitrogen and oxygen atoms in total. The minimum atomic E-state index is 0. The number of nitrogens with zero attached hydrogens (tertiary/aromatic N) is 2. The Morgan fingerprint density at radius 1 is 1.38 bits per heavy atom. The zero-order valence-electron chi connectivity index (χ0n) is 8.65. The van der Waals surface area contributed by atoms with Gasteiger partial charge in [-0.3, -0.25) is 0 Å². The van der Waals surface area contributed by atoms with Gasteiger partial charge in [-0.05, 0) is 12.4 Å². The fourth-order valence-electron chi connectivity index (χ4n) is 0.557. The standard InChI is InChI=1S/C7H9N2.C3H7.V/c1-6(2)7-5-8-3-4-9-7;1-3-2;/h3,5-6H,1-2H3;3H,1-2H3;/q2*-1;+2. The molecule has 0 atom stereocenters. The van der Waals surface area contributed by atoms with Crippen LogP contribution in [0, 0.1) is 12.6 Å². The maximum atomic E-state index is 3.99. The molecule has 3 heteroatoms. The zero-order chi connectivity index (χ0) is 9.40. The molecular formula is C10H16N2V. The molecule has 0 aliphatic rings. The van der Waals surface area contributed by atoms with Gasteiger partial charge < -0.3 is 16.4 Å². The van der Waals surface area contributed by atoms with Gasteiger partial charge in [0.25, 0.3) is 0 Å². The molecule has 0 saturated carbocycles. The van der Waals surface area contributed by atoms with Crippen molar-refractivity contribution in [2.24, 2.45) is 0 Å². The number of aromatic nitrogens is 2. The molecule has 1 aromatic heterocycles. The third-order valence-corrected chi connectivity index (χ3v) is 1.12. The number of rotatable bonds is 1. The summed E-state index contributed by atoms with van der Waals surface area (Å²) in [6, 6.07) is 0. The average molecular weight is 215 g/mol. The molecule has 0 fully saturated rings. The minimum absolute atomic E-state index is 0. The van der Waals surface area contributed by atoms with Crippen LogP contribution in [0.15, 0.2) is 12.4 Å². The molecule has 0 aliphatic carbocycles. The Kier molecular flexibility index (Phi) is 11.4. The van der Waals surface area contributed by atoms with Gasteiger partial charge in [-0.25, -0.2) is 0 Å². The van der Waals surface area contributed by atoms with Crippen LogP contribution in [0.5, 0.6) is 0 Å². The second-order valence-electron chi connectivity index (χ2n) is 2.81. The van der Waals surface area contributed by atoms with E-state index in [-0.39, 0.29) is 18.6 Å². The monoisotopic (exact) mass is 215 g/mol. The smallest absolute Gasteiger partial charge is 0.453 e. The van der Waals surface area contributed by atoms with Crippen molar-refractivity contribution in [1.82, 2.24) is 9.97 Å². The van der Waals surface area contributed by atoms with E-state index in [2.05, 4.69) is 30.0 Å². The van der Waals surface area contributed by atoms with Crippen molar-refractivity contribution in [3.05, 3.63) is 30.7 Å². The third kappa shape index (κ3) is 8.01. The van der Waals surface area contributed by atoms with E-state index in [4.69, 9.17) is 0 Å². The first kappa shape index (κ1) is 15.2. The van der Waals surface area contributed by atoms with Gasteiger partial charge in [0.1, 0.15) is 0 Å². The summed E-state index contributed by atoms with van der Waals surface area (Å²) in [6.07, 6.45) is 8.01. The predicted octanol–water partition coefficient (Wildman–Crippen LogP) is 2.63. The van der Waals surface area contributed by atoms with Crippen molar-refractivity contribution in [2.75, 3.05) is 0 Å². The minimum Gasteiger partial charge on any atom is -0.453 e. The molecule has 1 heterocycles. The predicted molar refractivity (Wildman–Crippen MR) is 50.6 cm³/mol. The summed E-state index contributed by atoms with van der Waals surface area (Å²) < 4.78 is 0. The largest absolute Gasteiger partial charge is 2.00 e. The zero-order valence-corrected chi connectivity index (χ0v) is 10.0. The Morgan fingerprint density at radius 3 is 2.15 bits per heavy atom. The number of hydrogen-bond acceptors (Lipinski definition) is 2. The van der Waals surface area contributed by atoms with Crippen LogP contribution in [-0.2, 0) is 18.6 Å². The van der Waals surface area contributed by atoms with Crippen LogP contribution in [0.4, 0.5) is 0 Å². The van der Waals surface area contributed by atoms with Gasteiger partial charge >= 0.3 is 18.6 Å². The topological polar surface area (TPSA) is 25.8 Å². The van der Waals surface area contributed by atoms with Gasteiger partial charge in [0.2, 0.25) is 0 Å². The molecule has 1 radical (unpaired) electrons. The van der Waals surface area contributed by atoms with Crippen LogP contribution in [0.1, 0.15) is 39.3 Å². The summed E-state index contributed by atoms with van der Waals surface area (Å²) in [7, 11) is 0. The molecule has 1 aromatic rings. The molecule has 0 spiro atoms. The Balaban J connectivity index is 0. The van der Waals surface area contributed by atoms with Crippen molar-refractivity contribution in [3.63, 3.8) is 0 Å². The fourth-order valence-corrected chi connectivity index (χ4v) is 0.557. The van der Waals surface area contributed by atoms with E-state index < -0.39 is 0 Å². The van der Waals surface area contributed by atoms with Crippen LogP contribution in [0.25, 0.3) is 0 Å². The first-order valence-electron chi connectivity index (χ1n) is 4.14. The molecule has 0 N–H and O–H groups in total. The first-order chi connectivity index (χ1) is 5.72. The fraction of sp³-hybridized carbons (Fsp3) is 0.500. The van der Waals surface area contributed by atoms with Crippen molar-refractivity contribution < 1.29 is 18.6 Å². The van der Waals surface area contributed by atoms with E-state index in [0.29, 0.717) is 5.92 Å². The van der Waals surface area contributed by atoms with Crippen molar-refractivity contribution in [2.45, 2.75) is 33.6 Å². The number of hydrogen-bond donors (Lipinski definition) is 0. The molecule has 0 aromatic carbocycles. The van der Waals surface area contributed by atoms with E-state index in [9.17, 15) is 0 Å².